The van der Waals surface area contributed by atoms with Crippen LogP contribution in [0.1, 0.15) is 23.2 Å². The molecule has 0 bridgehead atoms. The molecule has 1 aliphatic rings. The molecule has 0 aromatic carbocycles. The van der Waals surface area contributed by atoms with Crippen LogP contribution >= 0.6 is 0 Å². The monoisotopic (exact) mass is 313 g/mol. The van der Waals surface area contributed by atoms with Gasteiger partial charge < -0.3 is 10.0 Å². The summed E-state index contributed by atoms with van der Waals surface area (Å²) >= 11 is 0. The molecule has 0 amide bonds. The Kier molecular flexibility index (Phi) is 4.92. The van der Waals surface area contributed by atoms with Crippen LogP contribution in [0, 0.1) is 0 Å². The van der Waals surface area contributed by atoms with Gasteiger partial charge in [0.05, 0.1) is 5.56 Å². The number of aromatic carboxylic acids is 1. The Bertz CT molecular complexity index is 594. The van der Waals surface area contributed by atoms with Crippen LogP contribution < -0.4 is 0 Å². The first kappa shape index (κ1) is 15.9. The number of rotatable bonds is 6. The molecular weight excluding hydrogens is 294 g/mol. The van der Waals surface area contributed by atoms with Crippen LogP contribution in [0.4, 0.5) is 0 Å². The quantitative estimate of drug-likeness (QED) is 0.822. The van der Waals surface area contributed by atoms with Gasteiger partial charge in [0.1, 0.15) is 0 Å². The van der Waals surface area contributed by atoms with Crippen molar-refractivity contribution in [3.05, 3.63) is 23.9 Å². The summed E-state index contributed by atoms with van der Waals surface area (Å²) in [6.07, 6.45) is 3.38. The number of likely N-dealkylation sites (N-methyl/N-ethyl adjacent to an activating group) is 1. The Balaban J connectivity index is 2.03. The smallest absolute Gasteiger partial charge is 0.337 e. The molecule has 8 heteroatoms. The van der Waals surface area contributed by atoms with Crippen LogP contribution in [0.25, 0.3) is 0 Å². The average Bonchev–Trinajstić information content (AvgIpc) is 2.98. The van der Waals surface area contributed by atoms with Crippen molar-refractivity contribution < 1.29 is 18.3 Å². The zero-order valence-electron chi connectivity index (χ0n) is 11.9. The number of carboxylic acids is 1. The van der Waals surface area contributed by atoms with Crippen molar-refractivity contribution in [3.8, 4) is 0 Å². The van der Waals surface area contributed by atoms with Gasteiger partial charge in [-0.25, -0.2) is 18.2 Å². The van der Waals surface area contributed by atoms with Gasteiger partial charge in [-0.3, -0.25) is 0 Å². The van der Waals surface area contributed by atoms with Crippen molar-refractivity contribution in [1.29, 1.82) is 0 Å². The largest absolute Gasteiger partial charge is 0.478 e. The molecule has 0 spiro atoms. The topological polar surface area (TPSA) is 90.8 Å². The summed E-state index contributed by atoms with van der Waals surface area (Å²) in [5.74, 6) is -1.13. The van der Waals surface area contributed by atoms with E-state index in [1.165, 1.54) is 23.5 Å². The van der Waals surface area contributed by atoms with Gasteiger partial charge in [0.15, 0.2) is 5.03 Å². The first-order chi connectivity index (χ1) is 9.91. The van der Waals surface area contributed by atoms with Crippen LogP contribution in [0.5, 0.6) is 0 Å². The minimum atomic E-state index is -3.67. The van der Waals surface area contributed by atoms with E-state index in [-0.39, 0.29) is 10.6 Å². The minimum Gasteiger partial charge on any atom is -0.478 e. The first-order valence-corrected chi connectivity index (χ1v) is 8.23. The van der Waals surface area contributed by atoms with Gasteiger partial charge in [-0.2, -0.15) is 4.31 Å². The summed E-state index contributed by atoms with van der Waals surface area (Å²) in [6, 6.07) is 2.47. The number of hydrogen-bond donors (Lipinski definition) is 1. The molecule has 1 aliphatic heterocycles. The predicted octanol–water partition coefficient (Wildman–Crippen LogP) is 0.496. The number of hydrogen-bond acceptors (Lipinski definition) is 5. The molecule has 0 atom stereocenters. The van der Waals surface area contributed by atoms with Crippen LogP contribution in [0.2, 0.25) is 0 Å². The summed E-state index contributed by atoms with van der Waals surface area (Å²) in [4.78, 5) is 16.7. The van der Waals surface area contributed by atoms with Crippen LogP contribution in [-0.4, -0.2) is 66.9 Å². The van der Waals surface area contributed by atoms with Gasteiger partial charge in [-0.15, -0.1) is 0 Å². The third kappa shape index (κ3) is 3.78. The molecule has 0 aliphatic carbocycles. The Morgan fingerprint density at radius 1 is 1.38 bits per heavy atom. The summed E-state index contributed by atoms with van der Waals surface area (Å²) in [7, 11) is -2.16. The fraction of sp³-hybridized carbons (Fsp3) is 0.538. The molecule has 2 rings (SSSR count). The fourth-order valence-electron chi connectivity index (χ4n) is 2.23. The van der Waals surface area contributed by atoms with Gasteiger partial charge >= 0.3 is 5.97 Å². The lowest BCUT2D eigenvalue weighted by molar-refractivity contribution is 0.0696. The number of aromatic nitrogens is 1. The summed E-state index contributed by atoms with van der Waals surface area (Å²) in [6.45, 7) is 3.12. The maximum Gasteiger partial charge on any atom is 0.337 e. The summed E-state index contributed by atoms with van der Waals surface area (Å²) < 4.78 is 25.9. The number of sulfonamides is 1. The first-order valence-electron chi connectivity index (χ1n) is 6.79. The molecule has 116 valence electrons. The van der Waals surface area contributed by atoms with E-state index in [2.05, 4.69) is 9.88 Å². The molecule has 1 saturated heterocycles. The highest BCUT2D eigenvalue weighted by atomic mass is 32.2. The van der Waals surface area contributed by atoms with Gasteiger partial charge in [-0.05, 0) is 38.1 Å². The zero-order valence-corrected chi connectivity index (χ0v) is 12.7. The molecule has 1 aromatic heterocycles. The van der Waals surface area contributed by atoms with Crippen molar-refractivity contribution in [2.24, 2.45) is 0 Å². The van der Waals surface area contributed by atoms with E-state index in [1.807, 2.05) is 0 Å². The van der Waals surface area contributed by atoms with E-state index in [0.29, 0.717) is 13.1 Å². The number of likely N-dealkylation sites (tertiary alicyclic amines) is 1. The van der Waals surface area contributed by atoms with E-state index in [4.69, 9.17) is 5.11 Å². The Labute approximate surface area is 124 Å². The van der Waals surface area contributed by atoms with E-state index >= 15 is 0 Å². The number of pyridine rings is 1. The molecule has 0 unspecified atom stereocenters. The van der Waals surface area contributed by atoms with Crippen LogP contribution in [0.15, 0.2) is 23.4 Å². The van der Waals surface area contributed by atoms with E-state index in [1.54, 1.807) is 0 Å². The molecule has 1 aromatic rings. The highest BCUT2D eigenvalue weighted by Gasteiger charge is 2.23. The summed E-state index contributed by atoms with van der Waals surface area (Å²) in [5, 5.41) is 8.66. The molecule has 0 saturated carbocycles. The second kappa shape index (κ2) is 6.50. The van der Waals surface area contributed by atoms with Gasteiger partial charge in [0, 0.05) is 26.3 Å². The number of nitrogens with zero attached hydrogens (tertiary/aromatic N) is 3. The highest BCUT2D eigenvalue weighted by molar-refractivity contribution is 7.89. The standard InChI is InChI=1S/C13H19N3O4S/c1-15(8-9-16-6-2-3-7-16)21(19,20)12-5-4-11(10-14-12)13(17)18/h4-5,10H,2-3,6-9H2,1H3,(H,17,18). The van der Waals surface area contributed by atoms with Crippen LogP contribution in [0.3, 0.4) is 0 Å². The number of carboxylic acid groups (broad SMARTS) is 1. The van der Waals surface area contributed by atoms with Crippen molar-refractivity contribution in [1.82, 2.24) is 14.2 Å². The Morgan fingerprint density at radius 2 is 2.05 bits per heavy atom. The second-order valence-electron chi connectivity index (χ2n) is 5.07. The maximum absolute atomic E-state index is 12.3. The highest BCUT2D eigenvalue weighted by Crippen LogP contribution is 2.13. The van der Waals surface area contributed by atoms with Crippen molar-refractivity contribution in [3.63, 3.8) is 0 Å². The molecule has 0 radical (unpaired) electrons. The lowest BCUT2D eigenvalue weighted by atomic mass is 10.3. The van der Waals surface area contributed by atoms with E-state index < -0.39 is 16.0 Å². The number of carbonyl (C=O) groups is 1. The molecule has 7 nitrogen and oxygen atoms in total. The lowest BCUT2D eigenvalue weighted by Crippen LogP contribution is -2.35. The Hall–Kier alpha value is -1.51. The Morgan fingerprint density at radius 3 is 2.57 bits per heavy atom. The van der Waals surface area contributed by atoms with Gasteiger partial charge in [0.25, 0.3) is 10.0 Å². The normalized spacial score (nSPS) is 16.5. The fourth-order valence-corrected chi connectivity index (χ4v) is 3.29. The molecule has 1 N–H and O–H groups in total. The molecule has 2 heterocycles. The van der Waals surface area contributed by atoms with Crippen molar-refractivity contribution in [2.75, 3.05) is 33.2 Å². The average molecular weight is 313 g/mol. The SMILES string of the molecule is CN(CCN1CCCC1)S(=O)(=O)c1ccc(C(=O)O)cn1. The van der Waals surface area contributed by atoms with Crippen molar-refractivity contribution >= 4 is 16.0 Å². The van der Waals surface area contributed by atoms with Gasteiger partial charge in [-0.1, -0.05) is 0 Å². The predicted molar refractivity (Wildman–Crippen MR) is 76.7 cm³/mol. The maximum atomic E-state index is 12.3. The minimum absolute atomic E-state index is 0.0336. The lowest BCUT2D eigenvalue weighted by Gasteiger charge is -2.20. The van der Waals surface area contributed by atoms with Gasteiger partial charge in [0.2, 0.25) is 0 Å². The molecular formula is C13H19N3O4S. The second-order valence-corrected chi connectivity index (χ2v) is 7.06. The zero-order chi connectivity index (χ0) is 15.5. The molecule has 1 fully saturated rings. The van der Waals surface area contributed by atoms with E-state index in [0.717, 1.165) is 32.1 Å². The molecule has 21 heavy (non-hydrogen) atoms. The van der Waals surface area contributed by atoms with Crippen LogP contribution in [-0.2, 0) is 10.0 Å². The van der Waals surface area contributed by atoms with Crippen molar-refractivity contribution in [2.45, 2.75) is 17.9 Å². The summed E-state index contributed by atoms with van der Waals surface area (Å²) in [5.41, 5.74) is -0.0336. The third-order valence-electron chi connectivity index (χ3n) is 3.59. The third-order valence-corrected chi connectivity index (χ3v) is 5.36. The van der Waals surface area contributed by atoms with E-state index in [9.17, 15) is 13.2 Å².